The summed E-state index contributed by atoms with van der Waals surface area (Å²) in [6.07, 6.45) is 6.35. The molecule has 138 valence electrons. The fourth-order valence-electron chi connectivity index (χ4n) is 4.12. The third-order valence-electron chi connectivity index (χ3n) is 5.41. The lowest BCUT2D eigenvalue weighted by atomic mass is 9.95. The molecule has 1 saturated heterocycles. The van der Waals surface area contributed by atoms with Gasteiger partial charge >= 0.3 is 0 Å². The quantitative estimate of drug-likeness (QED) is 0.848. The predicted molar refractivity (Wildman–Crippen MR) is 99.8 cm³/mol. The molecule has 0 bridgehead atoms. The molecule has 2 fully saturated rings. The van der Waals surface area contributed by atoms with Gasteiger partial charge in [-0.2, -0.15) is 0 Å². The molecule has 2 aliphatic heterocycles. The van der Waals surface area contributed by atoms with Crippen molar-refractivity contribution in [2.45, 2.75) is 60.8 Å². The first-order valence-electron chi connectivity index (χ1n) is 9.29. The summed E-state index contributed by atoms with van der Waals surface area (Å²) in [5.41, 5.74) is 0.793. The number of thioether (sulfide) groups is 1. The number of carbonyl (C=O) groups is 3. The highest BCUT2D eigenvalue weighted by molar-refractivity contribution is 8.02. The van der Waals surface area contributed by atoms with Gasteiger partial charge in [-0.05, 0) is 31.4 Å². The Kier molecular flexibility index (Phi) is 4.65. The molecular formula is C19H23N3O3S. The van der Waals surface area contributed by atoms with E-state index in [1.165, 1.54) is 18.2 Å². The van der Waals surface area contributed by atoms with E-state index < -0.39 is 4.87 Å². The van der Waals surface area contributed by atoms with Gasteiger partial charge in [-0.3, -0.25) is 19.3 Å². The van der Waals surface area contributed by atoms with Crippen molar-refractivity contribution in [2.75, 3.05) is 11.4 Å². The van der Waals surface area contributed by atoms with Crippen LogP contribution in [0.25, 0.3) is 0 Å². The number of benzene rings is 1. The van der Waals surface area contributed by atoms with Crippen LogP contribution in [0.2, 0.25) is 0 Å². The monoisotopic (exact) mass is 373 g/mol. The molecule has 3 amide bonds. The molecule has 4 rings (SSSR count). The molecule has 1 aromatic rings. The third kappa shape index (κ3) is 2.98. The molecule has 6 nitrogen and oxygen atoms in total. The molecule has 26 heavy (non-hydrogen) atoms. The maximum atomic E-state index is 13.0. The summed E-state index contributed by atoms with van der Waals surface area (Å²) >= 11 is 1.41. The van der Waals surface area contributed by atoms with Crippen molar-refractivity contribution in [3.63, 3.8) is 0 Å². The van der Waals surface area contributed by atoms with Gasteiger partial charge in [-0.25, -0.2) is 0 Å². The number of nitrogens with zero attached hydrogens (tertiary/aromatic N) is 1. The van der Waals surface area contributed by atoms with E-state index in [2.05, 4.69) is 10.6 Å². The molecule has 1 aromatic carbocycles. The fraction of sp³-hybridized carbons (Fsp3) is 0.526. The number of fused-ring (bicyclic) bond motifs is 3. The predicted octanol–water partition coefficient (Wildman–Crippen LogP) is 2.18. The second-order valence-corrected chi connectivity index (χ2v) is 8.49. The van der Waals surface area contributed by atoms with Gasteiger partial charge in [-0.15, -0.1) is 0 Å². The normalized spacial score (nSPS) is 24.9. The van der Waals surface area contributed by atoms with Gasteiger partial charge in [0.15, 0.2) is 4.87 Å². The molecule has 1 unspecified atom stereocenters. The van der Waals surface area contributed by atoms with Crippen LogP contribution in [0.1, 0.15) is 44.9 Å². The molecule has 3 aliphatic rings. The minimum Gasteiger partial charge on any atom is -0.352 e. The van der Waals surface area contributed by atoms with Crippen molar-refractivity contribution < 1.29 is 14.4 Å². The Bertz CT molecular complexity index is 747. The van der Waals surface area contributed by atoms with Gasteiger partial charge in [0.2, 0.25) is 11.8 Å². The lowest BCUT2D eigenvalue weighted by molar-refractivity contribution is -0.128. The highest BCUT2D eigenvalue weighted by Crippen LogP contribution is 2.55. The van der Waals surface area contributed by atoms with Crippen LogP contribution in [-0.4, -0.2) is 35.2 Å². The first-order chi connectivity index (χ1) is 12.6. The van der Waals surface area contributed by atoms with Crippen LogP contribution < -0.4 is 15.5 Å². The topological polar surface area (TPSA) is 78.5 Å². The molecule has 0 radical (unpaired) electrons. The van der Waals surface area contributed by atoms with Crippen molar-refractivity contribution in [3.05, 3.63) is 24.3 Å². The first kappa shape index (κ1) is 17.4. The molecule has 2 heterocycles. The zero-order valence-corrected chi connectivity index (χ0v) is 15.4. The third-order valence-corrected chi connectivity index (χ3v) is 6.88. The number of rotatable bonds is 4. The number of hydrogen-bond donors (Lipinski definition) is 2. The van der Waals surface area contributed by atoms with E-state index in [1.807, 2.05) is 24.3 Å². The van der Waals surface area contributed by atoms with Crippen LogP contribution in [0, 0.1) is 0 Å². The maximum absolute atomic E-state index is 13.0. The average molecular weight is 373 g/mol. The first-order valence-corrected chi connectivity index (χ1v) is 10.1. The molecule has 1 saturated carbocycles. The van der Waals surface area contributed by atoms with E-state index in [1.54, 1.807) is 4.90 Å². The van der Waals surface area contributed by atoms with E-state index in [9.17, 15) is 14.4 Å². The van der Waals surface area contributed by atoms with Crippen LogP contribution in [0.15, 0.2) is 29.2 Å². The highest BCUT2D eigenvalue weighted by Gasteiger charge is 2.57. The van der Waals surface area contributed by atoms with Gasteiger partial charge in [0.05, 0.1) is 12.2 Å². The van der Waals surface area contributed by atoms with Crippen LogP contribution >= 0.6 is 11.8 Å². The Hall–Kier alpha value is -2.02. The van der Waals surface area contributed by atoms with Crippen molar-refractivity contribution in [1.82, 2.24) is 10.6 Å². The SMILES string of the molecule is O=C(CNC(=O)C12CCC(=O)N1c1ccccc1S2)NC1CCCCC1. The largest absolute Gasteiger partial charge is 0.352 e. The smallest absolute Gasteiger partial charge is 0.257 e. The molecular weight excluding hydrogens is 350 g/mol. The Morgan fingerprint density at radius 2 is 1.96 bits per heavy atom. The Balaban J connectivity index is 1.41. The molecule has 1 aliphatic carbocycles. The van der Waals surface area contributed by atoms with Crippen LogP contribution in [0.5, 0.6) is 0 Å². The Morgan fingerprint density at radius 3 is 2.77 bits per heavy atom. The van der Waals surface area contributed by atoms with E-state index in [-0.39, 0.29) is 30.3 Å². The number of hydrogen-bond acceptors (Lipinski definition) is 4. The Morgan fingerprint density at radius 1 is 1.19 bits per heavy atom. The lowest BCUT2D eigenvalue weighted by Crippen LogP contribution is -2.54. The second-order valence-electron chi connectivity index (χ2n) is 7.17. The summed E-state index contributed by atoms with van der Waals surface area (Å²) in [6.45, 7) is -0.0456. The summed E-state index contributed by atoms with van der Waals surface area (Å²) in [6, 6.07) is 7.80. The number of amides is 3. The number of para-hydroxylation sites is 1. The number of anilines is 1. The Labute approximate surface area is 157 Å². The summed E-state index contributed by atoms with van der Waals surface area (Å²) in [7, 11) is 0. The van der Waals surface area contributed by atoms with E-state index >= 15 is 0 Å². The standard InChI is InChI=1S/C19H23N3O3S/c23-16(21-13-6-2-1-3-7-13)12-20-18(25)19-11-10-17(24)22(19)14-8-4-5-9-15(14)26-19/h4-5,8-9,13H,1-3,6-7,10-12H2,(H,20,25)(H,21,23). The summed E-state index contributed by atoms with van der Waals surface area (Å²) in [5, 5.41) is 5.77. The highest BCUT2D eigenvalue weighted by atomic mass is 32.2. The summed E-state index contributed by atoms with van der Waals surface area (Å²) < 4.78 is 0. The minimum absolute atomic E-state index is 0.0377. The van der Waals surface area contributed by atoms with Crippen molar-refractivity contribution in [3.8, 4) is 0 Å². The van der Waals surface area contributed by atoms with Crippen molar-refractivity contribution in [1.29, 1.82) is 0 Å². The van der Waals surface area contributed by atoms with Crippen molar-refractivity contribution >= 4 is 35.2 Å². The van der Waals surface area contributed by atoms with Gasteiger partial charge < -0.3 is 10.6 Å². The van der Waals surface area contributed by atoms with Gasteiger partial charge in [0.25, 0.3) is 5.91 Å². The van der Waals surface area contributed by atoms with Crippen LogP contribution in [0.4, 0.5) is 5.69 Å². The molecule has 1 atom stereocenters. The lowest BCUT2D eigenvalue weighted by Gasteiger charge is -2.29. The molecule has 0 spiro atoms. The van der Waals surface area contributed by atoms with E-state index in [0.29, 0.717) is 12.8 Å². The minimum atomic E-state index is -0.952. The van der Waals surface area contributed by atoms with Gasteiger partial charge in [-0.1, -0.05) is 43.2 Å². The second kappa shape index (κ2) is 6.95. The summed E-state index contributed by atoms with van der Waals surface area (Å²) in [5.74, 6) is -0.453. The van der Waals surface area contributed by atoms with E-state index in [4.69, 9.17) is 0 Å². The van der Waals surface area contributed by atoms with E-state index in [0.717, 1.165) is 36.3 Å². The average Bonchev–Trinajstić information content (AvgIpc) is 3.16. The fourth-order valence-corrected chi connectivity index (χ4v) is 5.56. The number of carbonyl (C=O) groups excluding carboxylic acids is 3. The van der Waals surface area contributed by atoms with Gasteiger partial charge in [0, 0.05) is 17.4 Å². The molecule has 7 heteroatoms. The maximum Gasteiger partial charge on any atom is 0.257 e. The van der Waals surface area contributed by atoms with Crippen LogP contribution in [0.3, 0.4) is 0 Å². The number of nitrogens with one attached hydrogen (secondary N) is 2. The van der Waals surface area contributed by atoms with Gasteiger partial charge in [0.1, 0.15) is 0 Å². The summed E-state index contributed by atoms with van der Waals surface area (Å²) in [4.78, 5) is 39.1. The molecule has 2 N–H and O–H groups in total. The van der Waals surface area contributed by atoms with Crippen LogP contribution in [-0.2, 0) is 14.4 Å². The zero-order valence-electron chi connectivity index (χ0n) is 14.6. The zero-order chi connectivity index (χ0) is 18.1. The van der Waals surface area contributed by atoms with Crippen molar-refractivity contribution in [2.24, 2.45) is 0 Å². The molecule has 0 aromatic heterocycles.